The zero-order chi connectivity index (χ0) is 17.8. The maximum Gasteiger partial charge on any atom is 0.257 e. The molecule has 140 valence electrons. The molecule has 4 rings (SSSR count). The van der Waals surface area contributed by atoms with Gasteiger partial charge < -0.3 is 13.9 Å². The summed E-state index contributed by atoms with van der Waals surface area (Å²) in [5.41, 5.74) is 1.96. The SMILES string of the molecule is O=C(c1ccoc1)N1CCCN(Cc2cncn2C2CCCCC2)CC1. The summed E-state index contributed by atoms with van der Waals surface area (Å²) in [6.45, 7) is 4.42. The Kier molecular flexibility index (Phi) is 5.39. The lowest BCUT2D eigenvalue weighted by Crippen LogP contribution is -2.35. The quantitative estimate of drug-likeness (QED) is 0.843. The van der Waals surface area contributed by atoms with E-state index in [0.29, 0.717) is 11.6 Å². The molecule has 2 aliphatic rings. The van der Waals surface area contributed by atoms with Crippen molar-refractivity contribution in [2.24, 2.45) is 0 Å². The van der Waals surface area contributed by atoms with Gasteiger partial charge in [0.2, 0.25) is 0 Å². The van der Waals surface area contributed by atoms with Crippen LogP contribution in [0.1, 0.15) is 60.6 Å². The molecule has 1 saturated carbocycles. The van der Waals surface area contributed by atoms with Crippen LogP contribution < -0.4 is 0 Å². The summed E-state index contributed by atoms with van der Waals surface area (Å²) in [4.78, 5) is 21.4. The number of carbonyl (C=O) groups is 1. The predicted octanol–water partition coefficient (Wildman–Crippen LogP) is 3.33. The minimum atomic E-state index is 0.0767. The summed E-state index contributed by atoms with van der Waals surface area (Å²) in [6, 6.07) is 2.36. The molecule has 0 unspecified atom stereocenters. The Labute approximate surface area is 154 Å². The molecule has 2 aromatic rings. The highest BCUT2D eigenvalue weighted by Gasteiger charge is 2.23. The maximum atomic E-state index is 12.5. The van der Waals surface area contributed by atoms with Crippen LogP contribution in [0.15, 0.2) is 35.5 Å². The summed E-state index contributed by atoms with van der Waals surface area (Å²) in [5, 5.41) is 0. The molecule has 1 aliphatic carbocycles. The number of hydrogen-bond donors (Lipinski definition) is 0. The number of hydrogen-bond acceptors (Lipinski definition) is 4. The van der Waals surface area contributed by atoms with Crippen molar-refractivity contribution in [1.82, 2.24) is 19.4 Å². The van der Waals surface area contributed by atoms with Gasteiger partial charge in [-0.2, -0.15) is 0 Å². The number of rotatable bonds is 4. The fraction of sp³-hybridized carbons (Fsp3) is 0.600. The highest BCUT2D eigenvalue weighted by Crippen LogP contribution is 2.29. The molecule has 26 heavy (non-hydrogen) atoms. The van der Waals surface area contributed by atoms with Crippen molar-refractivity contribution in [2.45, 2.75) is 51.1 Å². The highest BCUT2D eigenvalue weighted by atomic mass is 16.3. The molecule has 6 heteroatoms. The van der Waals surface area contributed by atoms with Crippen LogP contribution in [0.25, 0.3) is 0 Å². The monoisotopic (exact) mass is 356 g/mol. The van der Waals surface area contributed by atoms with Crippen molar-refractivity contribution in [3.63, 3.8) is 0 Å². The van der Waals surface area contributed by atoms with Crippen molar-refractivity contribution in [2.75, 3.05) is 26.2 Å². The van der Waals surface area contributed by atoms with Crippen LogP contribution in [0.3, 0.4) is 0 Å². The molecule has 6 nitrogen and oxygen atoms in total. The number of carbonyl (C=O) groups excluding carboxylic acids is 1. The van der Waals surface area contributed by atoms with E-state index in [1.165, 1.54) is 44.1 Å². The molecule has 0 aromatic carbocycles. The van der Waals surface area contributed by atoms with E-state index in [9.17, 15) is 4.79 Å². The Balaban J connectivity index is 1.36. The minimum absolute atomic E-state index is 0.0767. The third-order valence-corrected chi connectivity index (χ3v) is 5.74. The molecule has 0 atom stereocenters. The zero-order valence-electron chi connectivity index (χ0n) is 15.3. The van der Waals surface area contributed by atoms with Gasteiger partial charge in [-0.1, -0.05) is 19.3 Å². The lowest BCUT2D eigenvalue weighted by molar-refractivity contribution is 0.0760. The van der Waals surface area contributed by atoms with Gasteiger partial charge in [0.1, 0.15) is 6.26 Å². The third-order valence-electron chi connectivity index (χ3n) is 5.74. The van der Waals surface area contributed by atoms with Crippen LogP contribution in [-0.4, -0.2) is 51.4 Å². The topological polar surface area (TPSA) is 54.5 Å². The van der Waals surface area contributed by atoms with E-state index < -0.39 is 0 Å². The molecule has 2 fully saturated rings. The Bertz CT molecular complexity index is 703. The highest BCUT2D eigenvalue weighted by molar-refractivity contribution is 5.93. The molecule has 1 amide bonds. The van der Waals surface area contributed by atoms with E-state index in [-0.39, 0.29) is 5.91 Å². The van der Waals surface area contributed by atoms with E-state index in [1.807, 2.05) is 17.4 Å². The fourth-order valence-corrected chi connectivity index (χ4v) is 4.27. The van der Waals surface area contributed by atoms with Gasteiger partial charge in [-0.25, -0.2) is 4.98 Å². The van der Waals surface area contributed by atoms with Crippen LogP contribution in [0.2, 0.25) is 0 Å². The molecule has 0 radical (unpaired) electrons. The van der Waals surface area contributed by atoms with Crippen molar-refractivity contribution >= 4 is 5.91 Å². The van der Waals surface area contributed by atoms with Crippen molar-refractivity contribution in [3.05, 3.63) is 42.4 Å². The first-order chi connectivity index (χ1) is 12.8. The standard InChI is InChI=1S/C20H28N4O2/c25-20(17-7-12-26-15-17)23-9-4-8-22(10-11-23)14-19-13-21-16-24(19)18-5-2-1-3-6-18/h7,12-13,15-16,18H,1-6,8-11,14H2. The molecule has 2 aromatic heterocycles. The number of aromatic nitrogens is 2. The molecular weight excluding hydrogens is 328 g/mol. The van der Waals surface area contributed by atoms with Crippen molar-refractivity contribution in [1.29, 1.82) is 0 Å². The number of nitrogens with zero attached hydrogens (tertiary/aromatic N) is 4. The van der Waals surface area contributed by atoms with Crippen molar-refractivity contribution < 1.29 is 9.21 Å². The van der Waals surface area contributed by atoms with Crippen LogP contribution in [-0.2, 0) is 6.54 Å². The molecule has 3 heterocycles. The lowest BCUT2D eigenvalue weighted by atomic mass is 9.95. The van der Waals surface area contributed by atoms with E-state index in [1.54, 1.807) is 12.3 Å². The van der Waals surface area contributed by atoms with E-state index in [2.05, 4.69) is 14.5 Å². The van der Waals surface area contributed by atoms with Crippen molar-refractivity contribution in [3.8, 4) is 0 Å². The molecule has 0 spiro atoms. The summed E-state index contributed by atoms with van der Waals surface area (Å²) in [5.74, 6) is 0.0767. The fourth-order valence-electron chi connectivity index (χ4n) is 4.27. The Morgan fingerprint density at radius 2 is 2.00 bits per heavy atom. The molecular formula is C20H28N4O2. The summed E-state index contributed by atoms with van der Waals surface area (Å²) in [7, 11) is 0. The van der Waals surface area contributed by atoms with Gasteiger partial charge in [0.15, 0.2) is 0 Å². The smallest absolute Gasteiger partial charge is 0.257 e. The van der Waals surface area contributed by atoms with Gasteiger partial charge in [-0.3, -0.25) is 9.69 Å². The summed E-state index contributed by atoms with van der Waals surface area (Å²) < 4.78 is 7.45. The first-order valence-electron chi connectivity index (χ1n) is 9.86. The second kappa shape index (κ2) is 8.08. The Morgan fingerprint density at radius 3 is 2.81 bits per heavy atom. The number of furan rings is 1. The number of amides is 1. The molecule has 0 bridgehead atoms. The lowest BCUT2D eigenvalue weighted by Gasteiger charge is -2.27. The first-order valence-corrected chi connectivity index (χ1v) is 9.86. The average Bonchev–Trinajstić information content (AvgIpc) is 3.31. The second-order valence-electron chi connectivity index (χ2n) is 7.52. The van der Waals surface area contributed by atoms with Gasteiger partial charge >= 0.3 is 0 Å². The first kappa shape index (κ1) is 17.3. The molecule has 1 aliphatic heterocycles. The average molecular weight is 356 g/mol. The largest absolute Gasteiger partial charge is 0.472 e. The van der Waals surface area contributed by atoms with Gasteiger partial charge in [-0.05, 0) is 25.3 Å². The predicted molar refractivity (Wildman–Crippen MR) is 98.9 cm³/mol. The summed E-state index contributed by atoms with van der Waals surface area (Å²) in [6.07, 6.45) is 14.7. The maximum absolute atomic E-state index is 12.5. The van der Waals surface area contributed by atoms with Crippen LogP contribution in [0.5, 0.6) is 0 Å². The summed E-state index contributed by atoms with van der Waals surface area (Å²) >= 11 is 0. The van der Waals surface area contributed by atoms with Crippen LogP contribution >= 0.6 is 0 Å². The Hall–Kier alpha value is -2.08. The van der Waals surface area contributed by atoms with Gasteiger partial charge in [-0.15, -0.1) is 0 Å². The Morgan fingerprint density at radius 1 is 1.12 bits per heavy atom. The van der Waals surface area contributed by atoms with E-state index >= 15 is 0 Å². The molecule has 0 N–H and O–H groups in total. The zero-order valence-corrected chi connectivity index (χ0v) is 15.3. The van der Waals surface area contributed by atoms with Gasteiger partial charge in [0.25, 0.3) is 5.91 Å². The third kappa shape index (κ3) is 3.85. The van der Waals surface area contributed by atoms with Crippen LogP contribution in [0.4, 0.5) is 0 Å². The van der Waals surface area contributed by atoms with Gasteiger partial charge in [0.05, 0.1) is 23.8 Å². The van der Waals surface area contributed by atoms with Crippen LogP contribution in [0, 0.1) is 0 Å². The van der Waals surface area contributed by atoms with Gasteiger partial charge in [0, 0.05) is 45.0 Å². The molecule has 1 saturated heterocycles. The minimum Gasteiger partial charge on any atom is -0.472 e. The number of imidazole rings is 1. The van der Waals surface area contributed by atoms with E-state index in [4.69, 9.17) is 4.42 Å². The second-order valence-corrected chi connectivity index (χ2v) is 7.52. The van der Waals surface area contributed by atoms with E-state index in [0.717, 1.165) is 39.1 Å². The normalized spacial score (nSPS) is 20.2.